The first kappa shape index (κ1) is 16.8. The van der Waals surface area contributed by atoms with E-state index in [0.717, 1.165) is 16.3 Å². The third kappa shape index (κ3) is 3.74. The Morgan fingerprint density at radius 3 is 2.60 bits per heavy atom. The molecule has 0 unspecified atom stereocenters. The molecule has 0 aliphatic heterocycles. The van der Waals surface area contributed by atoms with E-state index in [1.165, 1.54) is 0 Å². The van der Waals surface area contributed by atoms with Gasteiger partial charge in [-0.05, 0) is 41.5 Å². The molecule has 0 fully saturated rings. The zero-order valence-corrected chi connectivity index (χ0v) is 14.4. The summed E-state index contributed by atoms with van der Waals surface area (Å²) in [6, 6.07) is 19.4. The van der Waals surface area contributed by atoms with Gasteiger partial charge in [0.05, 0.1) is 13.7 Å². The normalized spacial score (nSPS) is 10.5. The van der Waals surface area contributed by atoms with E-state index in [9.17, 15) is 4.79 Å². The Kier molecular flexibility index (Phi) is 5.19. The lowest BCUT2D eigenvalue weighted by molar-refractivity contribution is 0.0950. The second-order valence-electron chi connectivity index (χ2n) is 5.62. The average molecular weight is 335 g/mol. The Labute approximate surface area is 147 Å². The van der Waals surface area contributed by atoms with E-state index in [1.54, 1.807) is 25.3 Å². The summed E-state index contributed by atoms with van der Waals surface area (Å²) in [6.45, 7) is 2.88. The monoisotopic (exact) mass is 335 g/mol. The highest BCUT2D eigenvalue weighted by atomic mass is 16.5. The number of carbonyl (C=O) groups excluding carboxylic acids is 1. The molecule has 0 saturated heterocycles. The number of carbonyl (C=O) groups is 1. The maximum absolute atomic E-state index is 12.5. The van der Waals surface area contributed by atoms with Crippen LogP contribution in [0.25, 0.3) is 10.8 Å². The summed E-state index contributed by atoms with van der Waals surface area (Å²) < 4.78 is 10.8. The van der Waals surface area contributed by atoms with E-state index < -0.39 is 0 Å². The number of amides is 1. The van der Waals surface area contributed by atoms with Crippen molar-refractivity contribution in [3.63, 3.8) is 0 Å². The van der Waals surface area contributed by atoms with Gasteiger partial charge in [0.1, 0.15) is 0 Å². The van der Waals surface area contributed by atoms with Gasteiger partial charge in [-0.3, -0.25) is 4.79 Å². The lowest BCUT2D eigenvalue weighted by Crippen LogP contribution is -2.23. The highest BCUT2D eigenvalue weighted by Gasteiger charge is 2.11. The van der Waals surface area contributed by atoms with Gasteiger partial charge >= 0.3 is 0 Å². The summed E-state index contributed by atoms with van der Waals surface area (Å²) in [5.74, 6) is 1.05. The van der Waals surface area contributed by atoms with Crippen molar-refractivity contribution in [3.05, 3.63) is 71.8 Å². The van der Waals surface area contributed by atoms with Crippen molar-refractivity contribution >= 4 is 16.7 Å². The van der Waals surface area contributed by atoms with Crippen LogP contribution in [0.2, 0.25) is 0 Å². The molecule has 3 aromatic carbocycles. The van der Waals surface area contributed by atoms with Crippen molar-refractivity contribution in [2.24, 2.45) is 0 Å². The fourth-order valence-corrected chi connectivity index (χ4v) is 2.81. The van der Waals surface area contributed by atoms with Crippen LogP contribution < -0.4 is 14.8 Å². The van der Waals surface area contributed by atoms with Crippen molar-refractivity contribution in [1.29, 1.82) is 0 Å². The van der Waals surface area contributed by atoms with Gasteiger partial charge in [0.25, 0.3) is 5.91 Å². The van der Waals surface area contributed by atoms with Crippen LogP contribution in [0.4, 0.5) is 0 Å². The molecule has 3 aromatic rings. The zero-order chi connectivity index (χ0) is 17.6. The number of methoxy groups -OCH3 is 1. The first-order valence-electron chi connectivity index (χ1n) is 8.28. The Bertz CT molecular complexity index is 884. The highest BCUT2D eigenvalue weighted by molar-refractivity contribution is 5.95. The van der Waals surface area contributed by atoms with Crippen molar-refractivity contribution in [3.8, 4) is 11.5 Å². The van der Waals surface area contributed by atoms with Crippen LogP contribution in [-0.4, -0.2) is 19.6 Å². The molecule has 25 heavy (non-hydrogen) atoms. The van der Waals surface area contributed by atoms with E-state index in [2.05, 4.69) is 23.5 Å². The first-order valence-corrected chi connectivity index (χ1v) is 8.28. The molecule has 0 spiro atoms. The summed E-state index contributed by atoms with van der Waals surface area (Å²) in [6.07, 6.45) is 0. The Morgan fingerprint density at radius 1 is 1.00 bits per heavy atom. The molecule has 0 aliphatic rings. The standard InChI is InChI=1S/C21H21NO3/c1-3-25-20-13-16(11-12-19(20)24-2)21(23)22-14-17-9-6-8-15-7-4-5-10-18(15)17/h4-13H,3,14H2,1-2H3,(H,22,23). The fraction of sp³-hybridized carbons (Fsp3) is 0.190. The second kappa shape index (κ2) is 7.71. The Hall–Kier alpha value is -3.01. The lowest BCUT2D eigenvalue weighted by Gasteiger charge is -2.12. The van der Waals surface area contributed by atoms with Gasteiger partial charge in [-0.1, -0.05) is 42.5 Å². The number of fused-ring (bicyclic) bond motifs is 1. The smallest absolute Gasteiger partial charge is 0.251 e. The third-order valence-corrected chi connectivity index (χ3v) is 4.04. The van der Waals surface area contributed by atoms with E-state index in [-0.39, 0.29) is 5.91 Å². The second-order valence-corrected chi connectivity index (χ2v) is 5.62. The van der Waals surface area contributed by atoms with Crippen LogP contribution in [0, 0.1) is 0 Å². The topological polar surface area (TPSA) is 47.6 Å². The summed E-state index contributed by atoms with van der Waals surface area (Å²) >= 11 is 0. The molecule has 0 aliphatic carbocycles. The Morgan fingerprint density at radius 2 is 1.80 bits per heavy atom. The number of ether oxygens (including phenoxy) is 2. The first-order chi connectivity index (χ1) is 12.2. The predicted molar refractivity (Wildman–Crippen MR) is 99.3 cm³/mol. The minimum absolute atomic E-state index is 0.142. The maximum Gasteiger partial charge on any atom is 0.251 e. The molecule has 4 heteroatoms. The molecule has 0 heterocycles. The quantitative estimate of drug-likeness (QED) is 0.735. The van der Waals surface area contributed by atoms with Gasteiger partial charge in [-0.25, -0.2) is 0 Å². The van der Waals surface area contributed by atoms with Crippen molar-refractivity contribution < 1.29 is 14.3 Å². The fourth-order valence-electron chi connectivity index (χ4n) is 2.81. The van der Waals surface area contributed by atoms with Gasteiger partial charge in [0, 0.05) is 12.1 Å². The van der Waals surface area contributed by atoms with Crippen LogP contribution in [0.1, 0.15) is 22.8 Å². The molecule has 1 N–H and O–H groups in total. The SMILES string of the molecule is CCOc1cc(C(=O)NCc2cccc3ccccc23)ccc1OC. The molecule has 0 radical (unpaired) electrons. The molecule has 0 atom stereocenters. The van der Waals surface area contributed by atoms with Crippen LogP contribution in [0.3, 0.4) is 0 Å². The average Bonchev–Trinajstić information content (AvgIpc) is 2.66. The Balaban J connectivity index is 1.77. The third-order valence-electron chi connectivity index (χ3n) is 4.04. The molecule has 4 nitrogen and oxygen atoms in total. The summed E-state index contributed by atoms with van der Waals surface area (Å²) in [7, 11) is 1.58. The molecule has 0 saturated carbocycles. The van der Waals surface area contributed by atoms with Crippen molar-refractivity contribution in [2.45, 2.75) is 13.5 Å². The number of nitrogens with one attached hydrogen (secondary N) is 1. The van der Waals surface area contributed by atoms with Crippen LogP contribution in [-0.2, 0) is 6.54 Å². The van der Waals surface area contributed by atoms with E-state index in [1.807, 2.05) is 31.2 Å². The molecule has 0 aromatic heterocycles. The van der Waals surface area contributed by atoms with Crippen molar-refractivity contribution in [2.75, 3.05) is 13.7 Å². The van der Waals surface area contributed by atoms with Gasteiger partial charge in [-0.2, -0.15) is 0 Å². The van der Waals surface area contributed by atoms with Crippen LogP contribution in [0.15, 0.2) is 60.7 Å². The molecular formula is C21H21NO3. The van der Waals surface area contributed by atoms with E-state index >= 15 is 0 Å². The van der Waals surface area contributed by atoms with Crippen LogP contribution >= 0.6 is 0 Å². The number of rotatable bonds is 6. The maximum atomic E-state index is 12.5. The summed E-state index contributed by atoms with van der Waals surface area (Å²) in [4.78, 5) is 12.5. The predicted octanol–water partition coefficient (Wildman–Crippen LogP) is 4.18. The summed E-state index contributed by atoms with van der Waals surface area (Å²) in [5, 5.41) is 5.29. The molecule has 1 amide bonds. The molecule has 0 bridgehead atoms. The van der Waals surface area contributed by atoms with Gasteiger partial charge < -0.3 is 14.8 Å². The van der Waals surface area contributed by atoms with E-state index in [4.69, 9.17) is 9.47 Å². The lowest BCUT2D eigenvalue weighted by atomic mass is 10.0. The van der Waals surface area contributed by atoms with Gasteiger partial charge in [0.15, 0.2) is 11.5 Å². The number of benzene rings is 3. The highest BCUT2D eigenvalue weighted by Crippen LogP contribution is 2.28. The summed E-state index contributed by atoms with van der Waals surface area (Å²) in [5.41, 5.74) is 1.63. The van der Waals surface area contributed by atoms with Crippen molar-refractivity contribution in [1.82, 2.24) is 5.32 Å². The van der Waals surface area contributed by atoms with Crippen LogP contribution in [0.5, 0.6) is 11.5 Å². The number of hydrogen-bond donors (Lipinski definition) is 1. The zero-order valence-electron chi connectivity index (χ0n) is 14.4. The molecule has 128 valence electrons. The largest absolute Gasteiger partial charge is 0.493 e. The molecule has 3 rings (SSSR count). The van der Waals surface area contributed by atoms with Gasteiger partial charge in [0.2, 0.25) is 0 Å². The molecular weight excluding hydrogens is 314 g/mol. The minimum atomic E-state index is -0.142. The van der Waals surface area contributed by atoms with E-state index in [0.29, 0.717) is 30.2 Å². The minimum Gasteiger partial charge on any atom is -0.493 e. The van der Waals surface area contributed by atoms with Gasteiger partial charge in [-0.15, -0.1) is 0 Å². The number of hydrogen-bond acceptors (Lipinski definition) is 3.